The van der Waals surface area contributed by atoms with Gasteiger partial charge >= 0.3 is 5.69 Å². The van der Waals surface area contributed by atoms with Crippen molar-refractivity contribution in [1.82, 2.24) is 20.0 Å². The molecule has 0 atom stereocenters. The van der Waals surface area contributed by atoms with E-state index in [4.69, 9.17) is 45.4 Å². The van der Waals surface area contributed by atoms with E-state index in [9.17, 15) is 9.59 Å². The smallest absolute Gasteiger partial charge is 0.331 e. The van der Waals surface area contributed by atoms with Crippen LogP contribution in [0.25, 0.3) is 0 Å². The molecule has 252 valence electrons. The predicted octanol–water partition coefficient (Wildman–Crippen LogP) is 3.93. The zero-order chi connectivity index (χ0) is 33.9. The molecule has 0 radical (unpaired) electrons. The summed E-state index contributed by atoms with van der Waals surface area (Å²) in [5, 5.41) is 8.17. The Kier molecular flexibility index (Phi) is 16.1. The standard InChI is InChI=1S/C33H44N8O4S2/c1-25-22-30(42)41(19-11-3-5-13-21-45-29-17-9-7-15-27(29)24-37-39-32(35)47)33(43)40(25)18-10-2-4-12-20-44-28-16-8-6-14-26(28)23-36-38-31(34)46/h6-9,14-17,22-24H,2-5,10-13,18-21H2,1H3,(H3,34,38,46)(H3,35,39,47)/b36-23+,37-24+. The van der Waals surface area contributed by atoms with Crippen molar-refractivity contribution in [2.45, 2.75) is 71.4 Å². The minimum Gasteiger partial charge on any atom is -0.493 e. The summed E-state index contributed by atoms with van der Waals surface area (Å²) in [5.41, 5.74) is 17.7. The third-order valence-corrected chi connectivity index (χ3v) is 7.33. The van der Waals surface area contributed by atoms with Gasteiger partial charge in [0.1, 0.15) is 11.5 Å². The fourth-order valence-corrected chi connectivity index (χ4v) is 4.89. The Morgan fingerprint density at radius 1 is 0.723 bits per heavy atom. The van der Waals surface area contributed by atoms with Crippen LogP contribution in [0.1, 0.15) is 68.2 Å². The van der Waals surface area contributed by atoms with Gasteiger partial charge in [0.25, 0.3) is 5.56 Å². The Balaban J connectivity index is 1.36. The first-order valence-corrected chi connectivity index (χ1v) is 16.5. The topological polar surface area (TPSA) is 163 Å². The molecule has 0 aliphatic heterocycles. The summed E-state index contributed by atoms with van der Waals surface area (Å²) in [6.45, 7) is 3.88. The van der Waals surface area contributed by atoms with Crippen molar-refractivity contribution in [1.29, 1.82) is 0 Å². The summed E-state index contributed by atoms with van der Waals surface area (Å²) in [6.07, 6.45) is 10.2. The van der Waals surface area contributed by atoms with Gasteiger partial charge in [0, 0.05) is 36.0 Å². The highest BCUT2D eigenvalue weighted by Gasteiger charge is 2.09. The summed E-state index contributed by atoms with van der Waals surface area (Å²) < 4.78 is 14.9. The Morgan fingerprint density at radius 3 is 1.66 bits per heavy atom. The summed E-state index contributed by atoms with van der Waals surface area (Å²) in [5.74, 6) is 1.45. The number of aromatic nitrogens is 2. The highest BCUT2D eigenvalue weighted by atomic mass is 32.1. The second-order valence-corrected chi connectivity index (χ2v) is 11.7. The monoisotopic (exact) mass is 680 g/mol. The number of nitrogens with zero attached hydrogens (tertiary/aromatic N) is 4. The van der Waals surface area contributed by atoms with Crippen molar-refractivity contribution < 1.29 is 9.47 Å². The molecule has 12 nitrogen and oxygen atoms in total. The van der Waals surface area contributed by atoms with E-state index < -0.39 is 0 Å². The molecule has 47 heavy (non-hydrogen) atoms. The number of rotatable bonds is 20. The summed E-state index contributed by atoms with van der Waals surface area (Å²) in [6, 6.07) is 16.7. The molecule has 6 N–H and O–H groups in total. The van der Waals surface area contributed by atoms with Gasteiger partial charge in [-0.1, -0.05) is 49.9 Å². The van der Waals surface area contributed by atoms with Gasteiger partial charge in [0.05, 0.1) is 25.6 Å². The number of unbranched alkanes of at least 4 members (excludes halogenated alkanes) is 6. The van der Waals surface area contributed by atoms with Crippen molar-refractivity contribution in [2.24, 2.45) is 21.7 Å². The first kappa shape index (κ1) is 36.9. The number of ether oxygens (including phenoxy) is 2. The van der Waals surface area contributed by atoms with E-state index in [0.29, 0.717) is 32.0 Å². The number of hydrogen-bond donors (Lipinski definition) is 4. The molecule has 2 aromatic carbocycles. The minimum absolute atomic E-state index is 0.0924. The van der Waals surface area contributed by atoms with Crippen LogP contribution in [-0.4, -0.2) is 45.0 Å². The predicted molar refractivity (Wildman–Crippen MR) is 196 cm³/mol. The molecule has 1 heterocycles. The number of nitrogens with one attached hydrogen (secondary N) is 2. The summed E-state index contributed by atoms with van der Waals surface area (Å²) in [7, 11) is 0. The van der Waals surface area contributed by atoms with Crippen molar-refractivity contribution >= 4 is 47.1 Å². The van der Waals surface area contributed by atoms with Crippen LogP contribution in [0.2, 0.25) is 0 Å². The van der Waals surface area contributed by atoms with E-state index in [-0.39, 0.29) is 21.5 Å². The molecule has 0 saturated heterocycles. The number of thiocarbonyl (C=S) groups is 2. The van der Waals surface area contributed by atoms with Gasteiger partial charge in [-0.05, 0) is 81.3 Å². The first-order chi connectivity index (χ1) is 22.8. The number of hydrazone groups is 2. The second kappa shape index (κ2) is 20.5. The molecule has 0 amide bonds. The third kappa shape index (κ3) is 13.4. The largest absolute Gasteiger partial charge is 0.493 e. The summed E-state index contributed by atoms with van der Waals surface area (Å²) >= 11 is 9.51. The molecule has 0 fully saturated rings. The Labute approximate surface area is 285 Å². The molecule has 14 heteroatoms. The number of hydrogen-bond acceptors (Lipinski definition) is 8. The molecule has 3 rings (SSSR count). The number of para-hydroxylation sites is 2. The Hall–Kier alpha value is -4.56. The van der Waals surface area contributed by atoms with E-state index in [2.05, 4.69) is 21.1 Å². The van der Waals surface area contributed by atoms with Crippen LogP contribution in [0.15, 0.2) is 74.4 Å². The molecule has 0 saturated carbocycles. The van der Waals surface area contributed by atoms with Crippen LogP contribution in [0.3, 0.4) is 0 Å². The minimum atomic E-state index is -0.251. The lowest BCUT2D eigenvalue weighted by Gasteiger charge is -2.13. The maximum Gasteiger partial charge on any atom is 0.331 e. The molecule has 0 aliphatic rings. The van der Waals surface area contributed by atoms with Crippen molar-refractivity contribution in [2.75, 3.05) is 13.2 Å². The molecular weight excluding hydrogens is 637 g/mol. The number of benzene rings is 2. The van der Waals surface area contributed by atoms with E-state index in [1.807, 2.05) is 55.5 Å². The van der Waals surface area contributed by atoms with E-state index in [1.165, 1.54) is 4.57 Å². The third-order valence-electron chi connectivity index (χ3n) is 7.15. The van der Waals surface area contributed by atoms with Gasteiger partial charge in [-0.25, -0.2) is 4.79 Å². The molecular formula is C33H44N8O4S2. The molecule has 0 unspecified atom stereocenters. The van der Waals surface area contributed by atoms with Crippen molar-refractivity contribution in [3.63, 3.8) is 0 Å². The fraction of sp³-hybridized carbons (Fsp3) is 0.394. The van der Waals surface area contributed by atoms with E-state index >= 15 is 0 Å². The normalized spacial score (nSPS) is 11.2. The maximum absolute atomic E-state index is 13.2. The van der Waals surface area contributed by atoms with Gasteiger partial charge in [-0.2, -0.15) is 10.2 Å². The lowest BCUT2D eigenvalue weighted by Crippen LogP contribution is -2.40. The van der Waals surface area contributed by atoms with Gasteiger partial charge in [0.2, 0.25) is 0 Å². The zero-order valence-electron chi connectivity index (χ0n) is 26.7. The molecule has 0 spiro atoms. The number of nitrogens with two attached hydrogens (primary N) is 2. The highest BCUT2D eigenvalue weighted by molar-refractivity contribution is 7.80. The van der Waals surface area contributed by atoms with Gasteiger partial charge < -0.3 is 20.9 Å². The average molecular weight is 681 g/mol. The lowest BCUT2D eigenvalue weighted by atomic mass is 10.2. The highest BCUT2D eigenvalue weighted by Crippen LogP contribution is 2.17. The van der Waals surface area contributed by atoms with E-state index in [1.54, 1.807) is 23.1 Å². The SMILES string of the molecule is Cc1cc(=O)n(CCCCCCOc2ccccc2/C=N/NC(N)=S)c(=O)n1CCCCCCOc1ccccc1/C=N/NC(N)=S. The quantitative estimate of drug-likeness (QED) is 0.0595. The Morgan fingerprint density at radius 2 is 1.17 bits per heavy atom. The number of aryl methyl sites for hydroxylation is 1. The molecule has 0 bridgehead atoms. The van der Waals surface area contributed by atoms with Crippen molar-refractivity contribution in [3.8, 4) is 11.5 Å². The average Bonchev–Trinajstić information content (AvgIpc) is 3.03. The van der Waals surface area contributed by atoms with E-state index in [0.717, 1.165) is 74.0 Å². The van der Waals surface area contributed by atoms with Crippen LogP contribution in [0.5, 0.6) is 11.5 Å². The maximum atomic E-state index is 13.2. The van der Waals surface area contributed by atoms with Crippen LogP contribution < -0.4 is 43.0 Å². The molecule has 1 aromatic heterocycles. The Bertz CT molecular complexity index is 1640. The van der Waals surface area contributed by atoms with Gasteiger partial charge in [-0.3, -0.25) is 24.8 Å². The molecule has 3 aromatic rings. The second-order valence-electron chi connectivity index (χ2n) is 10.8. The van der Waals surface area contributed by atoms with Crippen LogP contribution in [0.4, 0.5) is 0 Å². The van der Waals surface area contributed by atoms with Crippen molar-refractivity contribution in [3.05, 3.63) is 92.3 Å². The molecule has 0 aliphatic carbocycles. The van der Waals surface area contributed by atoms with Gasteiger partial charge in [0.15, 0.2) is 10.2 Å². The summed E-state index contributed by atoms with van der Waals surface area (Å²) in [4.78, 5) is 25.8. The zero-order valence-corrected chi connectivity index (χ0v) is 28.4. The van der Waals surface area contributed by atoms with Gasteiger partial charge in [-0.15, -0.1) is 0 Å². The fourth-order valence-electron chi connectivity index (χ4n) is 4.79. The first-order valence-electron chi connectivity index (χ1n) is 15.7. The van der Waals surface area contributed by atoms with Crippen LogP contribution >= 0.6 is 24.4 Å². The van der Waals surface area contributed by atoms with Crippen LogP contribution in [0, 0.1) is 6.92 Å². The van der Waals surface area contributed by atoms with Crippen LogP contribution in [-0.2, 0) is 13.1 Å². The lowest BCUT2D eigenvalue weighted by molar-refractivity contribution is 0.303.